The minimum absolute atomic E-state index is 0.0574. The quantitative estimate of drug-likeness (QED) is 0.614. The molecule has 1 aliphatic heterocycles. The molecule has 6 nitrogen and oxygen atoms in total. The van der Waals surface area contributed by atoms with Crippen LogP contribution in [0, 0.1) is 5.82 Å². The van der Waals surface area contributed by atoms with Crippen molar-refractivity contribution in [2.75, 3.05) is 18.5 Å². The van der Waals surface area contributed by atoms with Crippen LogP contribution < -0.4 is 5.32 Å². The fraction of sp³-hybridized carbons (Fsp3) is 0.217. The van der Waals surface area contributed by atoms with E-state index in [-0.39, 0.29) is 37.4 Å². The SMILES string of the molecule is O=C(Nc1ccc(C(O)C2COCC(=O)N2Cc2ccc(F)cc2)cc1)c1cccs1. The lowest BCUT2D eigenvalue weighted by Crippen LogP contribution is -2.51. The summed E-state index contributed by atoms with van der Waals surface area (Å²) in [6, 6.07) is 15.7. The minimum atomic E-state index is -0.980. The third-order valence-corrected chi connectivity index (χ3v) is 5.99. The van der Waals surface area contributed by atoms with E-state index in [0.29, 0.717) is 16.1 Å². The van der Waals surface area contributed by atoms with Gasteiger partial charge in [-0.05, 0) is 46.8 Å². The number of amides is 2. The van der Waals surface area contributed by atoms with E-state index >= 15 is 0 Å². The Morgan fingerprint density at radius 1 is 1.19 bits per heavy atom. The second kappa shape index (κ2) is 9.38. The van der Waals surface area contributed by atoms with Gasteiger partial charge in [-0.15, -0.1) is 11.3 Å². The molecule has 0 radical (unpaired) electrons. The van der Waals surface area contributed by atoms with Crippen molar-refractivity contribution in [1.29, 1.82) is 0 Å². The number of rotatable bonds is 6. The molecule has 1 aliphatic rings. The second-order valence-electron chi connectivity index (χ2n) is 7.23. The van der Waals surface area contributed by atoms with E-state index in [1.54, 1.807) is 47.4 Å². The molecule has 2 N–H and O–H groups in total. The van der Waals surface area contributed by atoms with E-state index < -0.39 is 12.1 Å². The average Bonchev–Trinajstić information content (AvgIpc) is 3.32. The van der Waals surface area contributed by atoms with Gasteiger partial charge in [-0.3, -0.25) is 9.59 Å². The summed E-state index contributed by atoms with van der Waals surface area (Å²) in [7, 11) is 0. The molecular formula is C23H21FN2O4S. The van der Waals surface area contributed by atoms with Crippen molar-refractivity contribution in [3.8, 4) is 0 Å². The Balaban J connectivity index is 1.47. The first kappa shape index (κ1) is 21.2. The zero-order valence-electron chi connectivity index (χ0n) is 16.5. The number of benzene rings is 2. The van der Waals surface area contributed by atoms with Gasteiger partial charge in [0.05, 0.1) is 17.5 Å². The van der Waals surface area contributed by atoms with Crippen molar-refractivity contribution in [3.05, 3.63) is 87.9 Å². The van der Waals surface area contributed by atoms with Gasteiger partial charge in [0.1, 0.15) is 18.5 Å². The number of anilines is 1. The summed E-state index contributed by atoms with van der Waals surface area (Å²) in [5, 5.41) is 15.6. The molecule has 31 heavy (non-hydrogen) atoms. The van der Waals surface area contributed by atoms with Crippen LogP contribution >= 0.6 is 11.3 Å². The van der Waals surface area contributed by atoms with E-state index in [4.69, 9.17) is 4.74 Å². The summed E-state index contributed by atoms with van der Waals surface area (Å²) in [6.07, 6.45) is -0.980. The number of carbonyl (C=O) groups excluding carboxylic acids is 2. The Labute approximate surface area is 182 Å². The molecule has 160 valence electrons. The van der Waals surface area contributed by atoms with Crippen LogP contribution in [0.1, 0.15) is 26.9 Å². The molecule has 4 rings (SSSR count). The van der Waals surface area contributed by atoms with Crippen LogP contribution in [-0.2, 0) is 16.1 Å². The molecule has 2 atom stereocenters. The van der Waals surface area contributed by atoms with Gasteiger partial charge in [0, 0.05) is 12.2 Å². The average molecular weight is 440 g/mol. The number of nitrogens with one attached hydrogen (secondary N) is 1. The van der Waals surface area contributed by atoms with E-state index in [1.165, 1.54) is 23.5 Å². The van der Waals surface area contributed by atoms with Gasteiger partial charge in [0.25, 0.3) is 5.91 Å². The lowest BCUT2D eigenvalue weighted by molar-refractivity contribution is -0.155. The number of carbonyl (C=O) groups is 2. The molecule has 2 amide bonds. The molecule has 1 aromatic heterocycles. The lowest BCUT2D eigenvalue weighted by Gasteiger charge is -2.38. The van der Waals surface area contributed by atoms with Crippen LogP contribution in [0.4, 0.5) is 10.1 Å². The number of nitrogens with zero attached hydrogens (tertiary/aromatic N) is 1. The highest BCUT2D eigenvalue weighted by molar-refractivity contribution is 7.12. The molecule has 2 aromatic carbocycles. The summed E-state index contributed by atoms with van der Waals surface area (Å²) in [6.45, 7) is 0.377. The van der Waals surface area contributed by atoms with Gasteiger partial charge < -0.3 is 20.1 Å². The first-order valence-electron chi connectivity index (χ1n) is 9.76. The zero-order chi connectivity index (χ0) is 21.8. The number of ether oxygens (including phenoxy) is 1. The Morgan fingerprint density at radius 2 is 1.94 bits per heavy atom. The summed E-state index contributed by atoms with van der Waals surface area (Å²) in [4.78, 5) is 26.8. The van der Waals surface area contributed by atoms with Crippen molar-refractivity contribution in [3.63, 3.8) is 0 Å². The Kier molecular flexibility index (Phi) is 6.41. The fourth-order valence-electron chi connectivity index (χ4n) is 3.46. The smallest absolute Gasteiger partial charge is 0.265 e. The minimum Gasteiger partial charge on any atom is -0.386 e. The summed E-state index contributed by atoms with van der Waals surface area (Å²) in [5.74, 6) is -0.778. The van der Waals surface area contributed by atoms with Gasteiger partial charge in [-0.1, -0.05) is 30.3 Å². The van der Waals surface area contributed by atoms with Crippen LogP contribution in [-0.4, -0.2) is 41.1 Å². The van der Waals surface area contributed by atoms with Crippen LogP contribution in [0.2, 0.25) is 0 Å². The topological polar surface area (TPSA) is 78.9 Å². The number of thiophene rings is 1. The van der Waals surface area contributed by atoms with Crippen LogP contribution in [0.3, 0.4) is 0 Å². The Morgan fingerprint density at radius 3 is 2.61 bits per heavy atom. The Hall–Kier alpha value is -3.07. The standard InChI is InChI=1S/C23H21FN2O4S/c24-17-7-3-15(4-8-17)12-26-19(13-30-14-21(26)27)22(28)16-5-9-18(10-6-16)25-23(29)20-2-1-11-31-20/h1-11,19,22,28H,12-14H2,(H,25,29). The van der Waals surface area contributed by atoms with Crippen molar-refractivity contribution >= 4 is 28.8 Å². The molecule has 8 heteroatoms. The lowest BCUT2D eigenvalue weighted by atomic mass is 9.99. The van der Waals surface area contributed by atoms with Crippen LogP contribution in [0.25, 0.3) is 0 Å². The van der Waals surface area contributed by atoms with E-state index in [0.717, 1.165) is 5.56 Å². The van der Waals surface area contributed by atoms with Gasteiger partial charge in [0.2, 0.25) is 5.91 Å². The van der Waals surface area contributed by atoms with Crippen LogP contribution in [0.15, 0.2) is 66.0 Å². The van der Waals surface area contributed by atoms with Gasteiger partial charge >= 0.3 is 0 Å². The van der Waals surface area contributed by atoms with Gasteiger partial charge in [-0.25, -0.2) is 4.39 Å². The highest BCUT2D eigenvalue weighted by Gasteiger charge is 2.34. The summed E-state index contributed by atoms with van der Waals surface area (Å²) >= 11 is 1.35. The van der Waals surface area contributed by atoms with E-state index in [1.807, 2.05) is 11.4 Å². The number of halogens is 1. The van der Waals surface area contributed by atoms with Crippen molar-refractivity contribution in [2.45, 2.75) is 18.7 Å². The third kappa shape index (κ3) is 4.99. The van der Waals surface area contributed by atoms with E-state index in [2.05, 4.69) is 5.32 Å². The largest absolute Gasteiger partial charge is 0.386 e. The zero-order valence-corrected chi connectivity index (χ0v) is 17.3. The normalized spacial score (nSPS) is 17.4. The number of aliphatic hydroxyl groups excluding tert-OH is 1. The monoisotopic (exact) mass is 440 g/mol. The van der Waals surface area contributed by atoms with Gasteiger partial charge in [-0.2, -0.15) is 0 Å². The molecular weight excluding hydrogens is 419 g/mol. The first-order valence-corrected chi connectivity index (χ1v) is 10.6. The van der Waals surface area contributed by atoms with Crippen LogP contribution in [0.5, 0.6) is 0 Å². The van der Waals surface area contributed by atoms with Crippen molar-refractivity contribution in [1.82, 2.24) is 4.90 Å². The first-order chi connectivity index (χ1) is 15.0. The molecule has 0 saturated carbocycles. The molecule has 0 bridgehead atoms. The highest BCUT2D eigenvalue weighted by atomic mass is 32.1. The molecule has 0 aliphatic carbocycles. The molecule has 2 unspecified atom stereocenters. The fourth-order valence-corrected chi connectivity index (χ4v) is 4.08. The highest BCUT2D eigenvalue weighted by Crippen LogP contribution is 2.27. The number of hydrogen-bond donors (Lipinski definition) is 2. The maximum atomic E-state index is 13.2. The maximum Gasteiger partial charge on any atom is 0.265 e. The van der Waals surface area contributed by atoms with E-state index in [9.17, 15) is 19.1 Å². The maximum absolute atomic E-state index is 13.2. The molecule has 2 heterocycles. The third-order valence-electron chi connectivity index (χ3n) is 5.12. The molecule has 1 fully saturated rings. The summed E-state index contributed by atoms with van der Waals surface area (Å²) < 4.78 is 18.6. The van der Waals surface area contributed by atoms with Crippen molar-refractivity contribution in [2.24, 2.45) is 0 Å². The van der Waals surface area contributed by atoms with Crippen molar-refractivity contribution < 1.29 is 23.8 Å². The molecule has 3 aromatic rings. The summed E-state index contributed by atoms with van der Waals surface area (Å²) in [5.41, 5.74) is 1.97. The second-order valence-corrected chi connectivity index (χ2v) is 8.18. The Bertz CT molecular complexity index is 1040. The number of morpholine rings is 1. The number of hydrogen-bond acceptors (Lipinski definition) is 5. The molecule has 0 spiro atoms. The number of aliphatic hydroxyl groups is 1. The predicted molar refractivity (Wildman–Crippen MR) is 115 cm³/mol. The van der Waals surface area contributed by atoms with Gasteiger partial charge in [0.15, 0.2) is 0 Å². The predicted octanol–water partition coefficient (Wildman–Crippen LogP) is 3.60. The molecule has 1 saturated heterocycles.